The van der Waals surface area contributed by atoms with Crippen molar-refractivity contribution in [2.24, 2.45) is 5.92 Å². The molecule has 2 fully saturated rings. The molecule has 0 aliphatic carbocycles. The number of allylic oxidation sites excluding steroid dienone is 2. The number of amides is 2. The van der Waals surface area contributed by atoms with Gasteiger partial charge in [0, 0.05) is 33.4 Å². The van der Waals surface area contributed by atoms with E-state index in [2.05, 4.69) is 5.32 Å². The molecule has 8 atom stereocenters. The first-order chi connectivity index (χ1) is 20.1. The van der Waals surface area contributed by atoms with E-state index in [0.717, 1.165) is 0 Å². The Morgan fingerprint density at radius 1 is 1.26 bits per heavy atom. The molecule has 3 heterocycles. The minimum Gasteiger partial charge on any atom is -0.495 e. The Hall–Kier alpha value is -3.16. The third-order valence-corrected chi connectivity index (χ3v) is 8.84. The smallest absolute Gasteiger partial charge is 0.409 e. The lowest BCUT2D eigenvalue weighted by Gasteiger charge is -2.42. The van der Waals surface area contributed by atoms with Gasteiger partial charge in [0.1, 0.15) is 40.8 Å². The van der Waals surface area contributed by atoms with Crippen molar-refractivity contribution >= 4 is 35.3 Å². The van der Waals surface area contributed by atoms with Crippen molar-refractivity contribution in [3.63, 3.8) is 0 Å². The molecule has 2 amide bonds. The highest BCUT2D eigenvalue weighted by Crippen LogP contribution is 2.49. The number of aliphatic hydroxyl groups is 2. The van der Waals surface area contributed by atoms with E-state index < -0.39 is 65.7 Å². The second-order valence-corrected chi connectivity index (χ2v) is 11.8. The Morgan fingerprint density at radius 3 is 2.58 bits per heavy atom. The van der Waals surface area contributed by atoms with Gasteiger partial charge in [0.15, 0.2) is 5.72 Å². The molecule has 236 valence electrons. The minimum absolute atomic E-state index is 0.0476. The van der Waals surface area contributed by atoms with Crippen LogP contribution in [0.1, 0.15) is 52.2 Å². The molecule has 43 heavy (non-hydrogen) atoms. The number of halogens is 1. The van der Waals surface area contributed by atoms with Gasteiger partial charge in [-0.3, -0.25) is 14.9 Å². The number of benzene rings is 1. The van der Waals surface area contributed by atoms with Crippen molar-refractivity contribution in [1.82, 2.24) is 5.32 Å². The van der Waals surface area contributed by atoms with E-state index in [4.69, 9.17) is 35.3 Å². The summed E-state index contributed by atoms with van der Waals surface area (Å²) >= 11 is 6.61. The van der Waals surface area contributed by atoms with Crippen LogP contribution in [0.2, 0.25) is 5.02 Å². The van der Waals surface area contributed by atoms with Gasteiger partial charge in [-0.25, -0.2) is 4.79 Å². The zero-order valence-electron chi connectivity index (χ0n) is 25.3. The Labute approximate surface area is 255 Å². The number of anilines is 1. The number of fused-ring (bicyclic) bond motifs is 5. The number of alkyl carbamates (subject to hydrolysis) is 1. The highest BCUT2D eigenvalue weighted by molar-refractivity contribution is 6.35. The fourth-order valence-corrected chi connectivity index (χ4v) is 6.10. The third-order valence-electron chi connectivity index (χ3n) is 8.46. The summed E-state index contributed by atoms with van der Waals surface area (Å²) in [4.78, 5) is 39.7. The van der Waals surface area contributed by atoms with Crippen LogP contribution in [-0.4, -0.2) is 85.2 Å². The van der Waals surface area contributed by atoms with Gasteiger partial charge in [-0.15, -0.1) is 0 Å². The van der Waals surface area contributed by atoms with Crippen LogP contribution in [0.15, 0.2) is 35.9 Å². The van der Waals surface area contributed by atoms with Crippen LogP contribution >= 0.6 is 11.6 Å². The molecule has 4 rings (SSSR count). The van der Waals surface area contributed by atoms with E-state index in [0.29, 0.717) is 11.1 Å². The van der Waals surface area contributed by atoms with Crippen molar-refractivity contribution in [2.45, 2.75) is 82.4 Å². The van der Waals surface area contributed by atoms with Gasteiger partial charge >= 0.3 is 12.1 Å². The van der Waals surface area contributed by atoms with Gasteiger partial charge in [0.25, 0.3) is 0 Å². The molecule has 13 heteroatoms. The summed E-state index contributed by atoms with van der Waals surface area (Å²) in [5.74, 6) is -1.27. The van der Waals surface area contributed by atoms with E-state index in [1.165, 1.54) is 33.1 Å². The van der Waals surface area contributed by atoms with Gasteiger partial charge in [-0.2, -0.15) is 0 Å². The Balaban J connectivity index is 1.82. The van der Waals surface area contributed by atoms with Crippen molar-refractivity contribution in [1.29, 1.82) is 0 Å². The number of carbonyl (C=O) groups is 3. The lowest BCUT2D eigenvalue weighted by atomic mass is 9.83. The van der Waals surface area contributed by atoms with E-state index in [1.807, 2.05) is 0 Å². The average molecular weight is 623 g/mol. The molecule has 3 N–H and O–H groups in total. The topological polar surface area (TPSA) is 156 Å². The fraction of sp³-hybridized carbons (Fsp3) is 0.567. The predicted octanol–water partition coefficient (Wildman–Crippen LogP) is 3.18. The number of epoxide rings is 1. The molecule has 2 saturated heterocycles. The van der Waals surface area contributed by atoms with Gasteiger partial charge in [-0.1, -0.05) is 36.8 Å². The fourth-order valence-electron chi connectivity index (χ4n) is 5.79. The number of aliphatic hydroxyl groups excluding tert-OH is 1. The Kier molecular flexibility index (Phi) is 9.48. The average Bonchev–Trinajstić information content (AvgIpc) is 3.64. The Bertz CT molecular complexity index is 1330. The zero-order chi connectivity index (χ0) is 31.9. The summed E-state index contributed by atoms with van der Waals surface area (Å²) in [6.45, 7) is 6.45. The van der Waals surface area contributed by atoms with Crippen molar-refractivity contribution < 1.29 is 48.3 Å². The minimum atomic E-state index is -1.83. The molecule has 0 saturated carbocycles. The van der Waals surface area contributed by atoms with Gasteiger partial charge in [-0.05, 0) is 37.1 Å². The first-order valence-corrected chi connectivity index (χ1v) is 14.3. The van der Waals surface area contributed by atoms with Crippen molar-refractivity contribution in [3.8, 4) is 5.75 Å². The molecule has 3 aliphatic rings. The molecule has 1 aromatic carbocycles. The number of hydrogen-bond acceptors (Lipinski definition) is 10. The lowest BCUT2D eigenvalue weighted by molar-refractivity contribution is -0.151. The van der Waals surface area contributed by atoms with Crippen LogP contribution in [0.3, 0.4) is 0 Å². The highest BCUT2D eigenvalue weighted by Gasteiger charge is 2.64. The van der Waals surface area contributed by atoms with Gasteiger partial charge in [0.05, 0.1) is 25.3 Å². The molecule has 0 aromatic heterocycles. The quantitative estimate of drug-likeness (QED) is 0.338. The zero-order valence-corrected chi connectivity index (χ0v) is 26.0. The van der Waals surface area contributed by atoms with Crippen molar-refractivity contribution in [2.75, 3.05) is 26.2 Å². The summed E-state index contributed by atoms with van der Waals surface area (Å²) in [5.41, 5.74) is -1.73. The molecule has 1 aromatic rings. The molecule has 0 spiro atoms. The second kappa shape index (κ2) is 12.4. The number of methoxy groups -OCH3 is 2. The number of carbonyl (C=O) groups excluding carboxylic acids is 3. The predicted molar refractivity (Wildman–Crippen MR) is 156 cm³/mol. The summed E-state index contributed by atoms with van der Waals surface area (Å²) in [6, 6.07) is 3.16. The number of nitrogens with zero attached hydrogens (tertiary/aromatic N) is 1. The van der Waals surface area contributed by atoms with E-state index in [9.17, 15) is 24.6 Å². The standard InChI is InChI=1S/C30H39ClN2O10/c1-15-9-8-10-22(40-7)30(38)14-21(42-28(37)32-30)16(2)27-29(4,43-27)23(41-17(3)34)13-24(35)33(5)19-11-18(26(15)36)12-20(39-6)25(19)31/h8-12,16,21-23,26-27,36,38H,13-14H2,1-7H3,(H,32,37). The summed E-state index contributed by atoms with van der Waals surface area (Å²) in [7, 11) is 4.34. The lowest BCUT2D eigenvalue weighted by Crippen LogP contribution is -2.63. The van der Waals surface area contributed by atoms with Gasteiger partial charge in [0.2, 0.25) is 5.91 Å². The van der Waals surface area contributed by atoms with Crippen LogP contribution in [0.5, 0.6) is 5.75 Å². The van der Waals surface area contributed by atoms with Crippen LogP contribution in [-0.2, 0) is 28.5 Å². The van der Waals surface area contributed by atoms with E-state index in [-0.39, 0.29) is 29.3 Å². The normalized spacial score (nSPS) is 34.8. The molecule has 4 bridgehead atoms. The van der Waals surface area contributed by atoms with Crippen LogP contribution < -0.4 is 15.0 Å². The molecular formula is C30H39ClN2O10. The number of esters is 1. The van der Waals surface area contributed by atoms with E-state index >= 15 is 0 Å². The third kappa shape index (κ3) is 6.53. The first-order valence-electron chi connectivity index (χ1n) is 13.9. The molecule has 8 unspecified atom stereocenters. The maximum atomic E-state index is 13.6. The molecule has 0 radical (unpaired) electrons. The van der Waals surface area contributed by atoms with Crippen LogP contribution in [0.25, 0.3) is 0 Å². The second-order valence-electron chi connectivity index (χ2n) is 11.4. The molecular weight excluding hydrogens is 584 g/mol. The van der Waals surface area contributed by atoms with Crippen molar-refractivity contribution in [3.05, 3.63) is 46.5 Å². The summed E-state index contributed by atoms with van der Waals surface area (Å²) in [6.07, 6.45) is -0.825. The summed E-state index contributed by atoms with van der Waals surface area (Å²) < 4.78 is 28.2. The van der Waals surface area contributed by atoms with Crippen LogP contribution in [0, 0.1) is 5.92 Å². The number of hydrogen-bond donors (Lipinski definition) is 3. The SMILES string of the molecule is COc1cc2cc(c1Cl)N(C)C(=O)CC(OC(C)=O)C1(C)OC1C(C)C1CC(O)(NC(=O)O1)C(OC)C=CC=C(C)C2O. The summed E-state index contributed by atoms with van der Waals surface area (Å²) in [5, 5.41) is 25.3. The Morgan fingerprint density at radius 2 is 1.95 bits per heavy atom. The first kappa shape index (κ1) is 32.7. The van der Waals surface area contributed by atoms with Crippen LogP contribution in [0.4, 0.5) is 10.5 Å². The number of nitrogens with one attached hydrogen (secondary N) is 1. The number of ether oxygens (including phenoxy) is 5. The van der Waals surface area contributed by atoms with E-state index in [1.54, 1.807) is 51.1 Å². The maximum Gasteiger partial charge on any atom is 0.409 e. The highest BCUT2D eigenvalue weighted by atomic mass is 35.5. The largest absolute Gasteiger partial charge is 0.495 e. The number of rotatable bonds is 3. The molecule has 12 nitrogen and oxygen atoms in total. The maximum absolute atomic E-state index is 13.6. The van der Waals surface area contributed by atoms with Gasteiger partial charge < -0.3 is 38.8 Å². The molecule has 3 aliphatic heterocycles. The monoisotopic (exact) mass is 622 g/mol.